The summed E-state index contributed by atoms with van der Waals surface area (Å²) < 4.78 is 11.4. The summed E-state index contributed by atoms with van der Waals surface area (Å²) in [5.74, 6) is 0.454. The lowest BCUT2D eigenvalue weighted by Crippen LogP contribution is -2.36. The molecule has 0 N–H and O–H groups in total. The molecule has 3 rings (SSSR count). The van der Waals surface area contributed by atoms with E-state index in [0.717, 1.165) is 0 Å². The van der Waals surface area contributed by atoms with E-state index >= 15 is 0 Å². The first kappa shape index (κ1) is 15.0. The van der Waals surface area contributed by atoms with Gasteiger partial charge in [-0.3, -0.25) is 9.69 Å². The molecule has 114 valence electrons. The molecule has 0 radical (unpaired) electrons. The highest BCUT2D eigenvalue weighted by atomic mass is 32.2. The first-order valence-corrected chi connectivity index (χ1v) is 7.78. The van der Waals surface area contributed by atoms with Crippen molar-refractivity contribution in [3.8, 4) is 6.07 Å². The quantitative estimate of drug-likeness (QED) is 0.589. The van der Waals surface area contributed by atoms with Crippen LogP contribution in [0.25, 0.3) is 6.08 Å². The van der Waals surface area contributed by atoms with Crippen molar-refractivity contribution in [2.75, 3.05) is 38.3 Å². The van der Waals surface area contributed by atoms with Crippen LogP contribution in [0.5, 0.6) is 0 Å². The van der Waals surface area contributed by atoms with Gasteiger partial charge in [-0.25, -0.2) is 0 Å². The number of thiocarbonyl (C=S) groups is 1. The van der Waals surface area contributed by atoms with Crippen LogP contribution >= 0.6 is 24.0 Å². The zero-order chi connectivity index (χ0) is 15.7. The Morgan fingerprint density at radius 2 is 2.18 bits per heavy atom. The summed E-state index contributed by atoms with van der Waals surface area (Å²) >= 11 is 6.26. The van der Waals surface area contributed by atoms with Crippen LogP contribution in [0.15, 0.2) is 9.32 Å². The van der Waals surface area contributed by atoms with Gasteiger partial charge in [0, 0.05) is 26.2 Å². The fourth-order valence-corrected chi connectivity index (χ4v) is 3.25. The molecule has 2 aliphatic heterocycles. The van der Waals surface area contributed by atoms with Crippen LogP contribution in [0.3, 0.4) is 0 Å². The number of aromatic nitrogens is 1. The Hall–Kier alpha value is -1.89. The van der Waals surface area contributed by atoms with Gasteiger partial charge in [-0.2, -0.15) is 10.2 Å². The third kappa shape index (κ3) is 2.72. The van der Waals surface area contributed by atoms with Gasteiger partial charge >= 0.3 is 0 Å². The third-order valence-electron chi connectivity index (χ3n) is 3.27. The van der Waals surface area contributed by atoms with Crippen LogP contribution in [0.4, 0.5) is 5.88 Å². The lowest BCUT2D eigenvalue weighted by atomic mass is 10.4. The number of hydrogen-bond donors (Lipinski definition) is 0. The van der Waals surface area contributed by atoms with Gasteiger partial charge in [0.05, 0.1) is 18.1 Å². The summed E-state index contributed by atoms with van der Waals surface area (Å²) in [5.41, 5.74) is 0.208. The van der Waals surface area contributed by atoms with Crippen LogP contribution in [0.2, 0.25) is 0 Å². The summed E-state index contributed by atoms with van der Waals surface area (Å²) in [4.78, 5) is 19.9. The number of thioether (sulfide) groups is 1. The molecule has 22 heavy (non-hydrogen) atoms. The minimum absolute atomic E-state index is 0.195. The van der Waals surface area contributed by atoms with Gasteiger partial charge in [-0.05, 0) is 0 Å². The SMILES string of the molecule is CN1C(=O)/C(=C\c2nc(C#N)c(N3CCOCC3)o2)SC1=S. The maximum atomic E-state index is 12.0. The molecule has 0 spiro atoms. The van der Waals surface area contributed by atoms with E-state index in [1.54, 1.807) is 7.05 Å². The van der Waals surface area contributed by atoms with Gasteiger partial charge < -0.3 is 14.1 Å². The van der Waals surface area contributed by atoms with E-state index in [2.05, 4.69) is 4.98 Å². The Bertz CT molecular complexity index is 701. The van der Waals surface area contributed by atoms with Crippen molar-refractivity contribution in [1.29, 1.82) is 5.26 Å². The Labute approximate surface area is 136 Å². The number of oxazole rings is 1. The second kappa shape index (κ2) is 6.08. The fraction of sp³-hybridized carbons (Fsp3) is 0.385. The molecular formula is C13H12N4O3S2. The number of ether oxygens (including phenoxy) is 1. The maximum absolute atomic E-state index is 12.0. The molecule has 1 aromatic heterocycles. The van der Waals surface area contributed by atoms with Gasteiger partial charge in [-0.1, -0.05) is 24.0 Å². The van der Waals surface area contributed by atoms with Crippen molar-refractivity contribution in [2.45, 2.75) is 0 Å². The Morgan fingerprint density at radius 1 is 1.45 bits per heavy atom. The summed E-state index contributed by atoms with van der Waals surface area (Å²) in [6.07, 6.45) is 1.52. The van der Waals surface area contributed by atoms with Crippen molar-refractivity contribution in [3.63, 3.8) is 0 Å². The van der Waals surface area contributed by atoms with E-state index < -0.39 is 0 Å². The van der Waals surface area contributed by atoms with Crippen LogP contribution < -0.4 is 4.90 Å². The van der Waals surface area contributed by atoms with Crippen molar-refractivity contribution in [3.05, 3.63) is 16.5 Å². The minimum atomic E-state index is -0.195. The van der Waals surface area contributed by atoms with E-state index in [1.165, 1.54) is 22.7 Å². The fourth-order valence-electron chi connectivity index (χ4n) is 2.10. The third-order valence-corrected chi connectivity index (χ3v) is 4.76. The summed E-state index contributed by atoms with van der Waals surface area (Å²) in [6, 6.07) is 2.02. The number of hydrogen-bond acceptors (Lipinski definition) is 8. The summed E-state index contributed by atoms with van der Waals surface area (Å²) in [5, 5.41) is 9.21. The van der Waals surface area contributed by atoms with Gasteiger partial charge in [0.25, 0.3) is 5.91 Å². The average Bonchev–Trinajstić information content (AvgIpc) is 3.05. The van der Waals surface area contributed by atoms with E-state index in [9.17, 15) is 10.1 Å². The molecule has 9 heteroatoms. The molecule has 3 heterocycles. The monoisotopic (exact) mass is 336 g/mol. The Balaban J connectivity index is 1.90. The molecule has 2 fully saturated rings. The molecular weight excluding hydrogens is 324 g/mol. The number of morpholine rings is 1. The van der Waals surface area contributed by atoms with E-state index in [0.29, 0.717) is 41.4 Å². The highest BCUT2D eigenvalue weighted by molar-refractivity contribution is 8.26. The number of carbonyl (C=O) groups excluding carboxylic acids is 1. The predicted octanol–water partition coefficient (Wildman–Crippen LogP) is 1.21. The maximum Gasteiger partial charge on any atom is 0.266 e. The lowest BCUT2D eigenvalue weighted by Gasteiger charge is -2.25. The van der Waals surface area contributed by atoms with E-state index in [-0.39, 0.29) is 17.5 Å². The zero-order valence-electron chi connectivity index (χ0n) is 11.7. The standard InChI is InChI=1S/C13H12N4O3S2/c1-16-11(18)9(22-13(16)21)6-10-15-8(7-14)12(20-10)17-2-4-19-5-3-17/h6H,2-5H2,1H3/b9-6+. The summed E-state index contributed by atoms with van der Waals surface area (Å²) in [7, 11) is 1.62. The molecule has 7 nitrogen and oxygen atoms in total. The molecule has 0 atom stereocenters. The molecule has 0 unspecified atom stereocenters. The first-order valence-electron chi connectivity index (χ1n) is 6.55. The van der Waals surface area contributed by atoms with Crippen LogP contribution in [-0.4, -0.2) is 53.5 Å². The van der Waals surface area contributed by atoms with Gasteiger partial charge in [0.1, 0.15) is 10.4 Å². The molecule has 1 amide bonds. The number of rotatable bonds is 2. The van der Waals surface area contributed by atoms with Crippen LogP contribution in [0, 0.1) is 11.3 Å². The average molecular weight is 336 g/mol. The second-order valence-electron chi connectivity index (χ2n) is 4.66. The van der Waals surface area contributed by atoms with Crippen molar-refractivity contribution in [2.24, 2.45) is 0 Å². The van der Waals surface area contributed by atoms with Crippen molar-refractivity contribution >= 4 is 46.2 Å². The highest BCUT2D eigenvalue weighted by Crippen LogP contribution is 2.32. The normalized spacial score (nSPS) is 20.8. The number of nitriles is 1. The minimum Gasteiger partial charge on any atom is -0.420 e. The van der Waals surface area contributed by atoms with Crippen LogP contribution in [0.1, 0.15) is 11.6 Å². The van der Waals surface area contributed by atoms with Gasteiger partial charge in [-0.15, -0.1) is 0 Å². The molecule has 0 saturated carbocycles. The Morgan fingerprint density at radius 3 is 2.77 bits per heavy atom. The zero-order valence-corrected chi connectivity index (χ0v) is 13.4. The lowest BCUT2D eigenvalue weighted by molar-refractivity contribution is -0.121. The largest absolute Gasteiger partial charge is 0.420 e. The number of anilines is 1. The predicted molar refractivity (Wildman–Crippen MR) is 85.2 cm³/mol. The first-order chi connectivity index (χ1) is 10.6. The molecule has 0 bridgehead atoms. The molecule has 2 aliphatic rings. The topological polar surface area (TPSA) is 82.6 Å². The number of nitrogens with zero attached hydrogens (tertiary/aromatic N) is 4. The number of carbonyl (C=O) groups is 1. The Kier molecular flexibility index (Phi) is 4.15. The second-order valence-corrected chi connectivity index (χ2v) is 6.33. The molecule has 0 aliphatic carbocycles. The van der Waals surface area contributed by atoms with Crippen LogP contribution in [-0.2, 0) is 9.53 Å². The highest BCUT2D eigenvalue weighted by Gasteiger charge is 2.30. The van der Waals surface area contributed by atoms with Crippen molar-refractivity contribution in [1.82, 2.24) is 9.88 Å². The summed E-state index contributed by atoms with van der Waals surface area (Å²) in [6.45, 7) is 2.44. The molecule has 0 aromatic carbocycles. The number of amides is 1. The van der Waals surface area contributed by atoms with Gasteiger partial charge in [0.2, 0.25) is 17.5 Å². The van der Waals surface area contributed by atoms with E-state index in [1.807, 2.05) is 11.0 Å². The van der Waals surface area contributed by atoms with Crippen molar-refractivity contribution < 1.29 is 13.9 Å². The van der Waals surface area contributed by atoms with E-state index in [4.69, 9.17) is 21.4 Å². The van der Waals surface area contributed by atoms with Gasteiger partial charge in [0.15, 0.2) is 0 Å². The molecule has 1 aromatic rings. The molecule has 2 saturated heterocycles. The smallest absolute Gasteiger partial charge is 0.266 e. The number of likely N-dealkylation sites (N-methyl/N-ethyl adjacent to an activating group) is 1.